The zero-order chi connectivity index (χ0) is 8.39. The van der Waals surface area contributed by atoms with E-state index in [2.05, 4.69) is 44.0 Å². The van der Waals surface area contributed by atoms with E-state index >= 15 is 0 Å². The molecule has 0 bridgehead atoms. The fourth-order valence-electron chi connectivity index (χ4n) is 1.26. The lowest BCUT2D eigenvalue weighted by Gasteiger charge is -2.16. The van der Waals surface area contributed by atoms with Gasteiger partial charge in [-0.25, -0.2) is 0 Å². The van der Waals surface area contributed by atoms with Gasteiger partial charge in [0.05, 0.1) is 11.9 Å². The fraction of sp³-hybridized carbons (Fsp3) is 0.222. The standard InChI is InChI=1S/C9H9BrN2/c10-8-5-9(7-11-6-8)12-3-1-2-4-12/h1-2,5-7H,3-4H2. The molecule has 0 fully saturated rings. The van der Waals surface area contributed by atoms with Gasteiger partial charge in [-0.3, -0.25) is 4.98 Å². The van der Waals surface area contributed by atoms with Crippen molar-refractivity contribution in [3.05, 3.63) is 35.1 Å². The van der Waals surface area contributed by atoms with Crippen molar-refractivity contribution in [1.29, 1.82) is 0 Å². The second-order valence-electron chi connectivity index (χ2n) is 2.74. The number of aromatic nitrogens is 1. The Balaban J connectivity index is 2.22. The van der Waals surface area contributed by atoms with Gasteiger partial charge in [-0.1, -0.05) is 12.2 Å². The summed E-state index contributed by atoms with van der Waals surface area (Å²) in [6.45, 7) is 2.00. The normalized spacial score (nSPS) is 15.6. The minimum atomic E-state index is 0.998. The summed E-state index contributed by atoms with van der Waals surface area (Å²) in [7, 11) is 0. The molecule has 1 aromatic heterocycles. The Labute approximate surface area is 80.0 Å². The first-order valence-corrected chi connectivity index (χ1v) is 4.66. The van der Waals surface area contributed by atoms with Crippen molar-refractivity contribution >= 4 is 21.6 Å². The van der Waals surface area contributed by atoms with Gasteiger partial charge in [-0.2, -0.15) is 0 Å². The summed E-state index contributed by atoms with van der Waals surface area (Å²) in [5.74, 6) is 0. The minimum Gasteiger partial charge on any atom is -0.363 e. The lowest BCUT2D eigenvalue weighted by Crippen LogP contribution is -2.18. The molecular formula is C9H9BrN2. The highest BCUT2D eigenvalue weighted by Gasteiger charge is 2.07. The SMILES string of the molecule is Brc1cncc(N2CC=CC2)c1. The molecule has 2 rings (SSSR count). The average molecular weight is 225 g/mol. The maximum Gasteiger partial charge on any atom is 0.0569 e. The van der Waals surface area contributed by atoms with Crippen LogP contribution in [0.4, 0.5) is 5.69 Å². The lowest BCUT2D eigenvalue weighted by atomic mass is 10.4. The van der Waals surface area contributed by atoms with E-state index in [0.717, 1.165) is 17.6 Å². The molecule has 0 aromatic carbocycles. The Morgan fingerprint density at radius 2 is 2.00 bits per heavy atom. The van der Waals surface area contributed by atoms with E-state index in [-0.39, 0.29) is 0 Å². The van der Waals surface area contributed by atoms with Crippen molar-refractivity contribution in [2.75, 3.05) is 18.0 Å². The second-order valence-corrected chi connectivity index (χ2v) is 3.65. The highest BCUT2D eigenvalue weighted by Crippen LogP contribution is 2.19. The molecule has 1 aromatic rings. The predicted molar refractivity (Wildman–Crippen MR) is 53.3 cm³/mol. The van der Waals surface area contributed by atoms with Crippen LogP contribution in [0, 0.1) is 0 Å². The molecule has 0 unspecified atom stereocenters. The summed E-state index contributed by atoms with van der Waals surface area (Å²) in [6.07, 6.45) is 8.02. The van der Waals surface area contributed by atoms with Gasteiger partial charge in [0.1, 0.15) is 0 Å². The third-order valence-electron chi connectivity index (χ3n) is 1.87. The highest BCUT2D eigenvalue weighted by molar-refractivity contribution is 9.10. The molecule has 62 valence electrons. The zero-order valence-corrected chi connectivity index (χ0v) is 8.16. The first-order valence-electron chi connectivity index (χ1n) is 3.87. The molecular weight excluding hydrogens is 216 g/mol. The third kappa shape index (κ3) is 1.50. The van der Waals surface area contributed by atoms with Crippen molar-refractivity contribution in [1.82, 2.24) is 4.98 Å². The van der Waals surface area contributed by atoms with Crippen molar-refractivity contribution in [3.8, 4) is 0 Å². The first kappa shape index (κ1) is 7.80. The molecule has 12 heavy (non-hydrogen) atoms. The number of hydrogen-bond donors (Lipinski definition) is 0. The van der Waals surface area contributed by atoms with Gasteiger partial charge in [-0.05, 0) is 22.0 Å². The monoisotopic (exact) mass is 224 g/mol. The van der Waals surface area contributed by atoms with Crippen LogP contribution in [0.3, 0.4) is 0 Å². The van der Waals surface area contributed by atoms with E-state index in [9.17, 15) is 0 Å². The number of halogens is 1. The molecule has 0 saturated carbocycles. The van der Waals surface area contributed by atoms with Crippen molar-refractivity contribution in [2.45, 2.75) is 0 Å². The van der Waals surface area contributed by atoms with E-state index in [1.165, 1.54) is 5.69 Å². The Kier molecular flexibility index (Phi) is 2.13. The minimum absolute atomic E-state index is 0.998. The van der Waals surface area contributed by atoms with Crippen LogP contribution < -0.4 is 4.90 Å². The number of anilines is 1. The Morgan fingerprint density at radius 3 is 2.67 bits per heavy atom. The summed E-state index contributed by atoms with van der Waals surface area (Å²) in [5, 5.41) is 0. The van der Waals surface area contributed by atoms with E-state index in [0.29, 0.717) is 0 Å². The van der Waals surface area contributed by atoms with Gasteiger partial charge in [0.25, 0.3) is 0 Å². The van der Waals surface area contributed by atoms with Gasteiger partial charge in [-0.15, -0.1) is 0 Å². The number of rotatable bonds is 1. The number of pyridine rings is 1. The van der Waals surface area contributed by atoms with Crippen LogP contribution in [-0.2, 0) is 0 Å². The van der Waals surface area contributed by atoms with E-state index in [1.54, 1.807) is 6.20 Å². The molecule has 0 aliphatic carbocycles. The highest BCUT2D eigenvalue weighted by atomic mass is 79.9. The van der Waals surface area contributed by atoms with Gasteiger partial charge in [0.2, 0.25) is 0 Å². The van der Waals surface area contributed by atoms with E-state index in [1.807, 2.05) is 6.20 Å². The van der Waals surface area contributed by atoms with Crippen LogP contribution in [0.5, 0.6) is 0 Å². The molecule has 0 saturated heterocycles. The van der Waals surface area contributed by atoms with Gasteiger partial charge < -0.3 is 4.90 Å². The Bertz CT molecular complexity index is 301. The maximum absolute atomic E-state index is 4.11. The molecule has 1 aliphatic heterocycles. The molecule has 0 N–H and O–H groups in total. The topological polar surface area (TPSA) is 16.1 Å². The number of hydrogen-bond acceptors (Lipinski definition) is 2. The molecule has 1 aliphatic rings. The van der Waals surface area contributed by atoms with Crippen molar-refractivity contribution < 1.29 is 0 Å². The fourth-order valence-corrected chi connectivity index (χ4v) is 1.62. The van der Waals surface area contributed by atoms with Crippen LogP contribution in [-0.4, -0.2) is 18.1 Å². The van der Waals surface area contributed by atoms with E-state index in [4.69, 9.17) is 0 Å². The summed E-state index contributed by atoms with van der Waals surface area (Å²) in [6, 6.07) is 2.08. The lowest BCUT2D eigenvalue weighted by molar-refractivity contribution is 0.996. The molecule has 0 atom stereocenters. The summed E-state index contributed by atoms with van der Waals surface area (Å²) in [4.78, 5) is 6.37. The van der Waals surface area contributed by atoms with Gasteiger partial charge in [0.15, 0.2) is 0 Å². The second kappa shape index (κ2) is 3.27. The molecule has 2 heterocycles. The Hall–Kier alpha value is -0.830. The van der Waals surface area contributed by atoms with Crippen LogP contribution >= 0.6 is 15.9 Å². The van der Waals surface area contributed by atoms with Crippen LogP contribution in [0.2, 0.25) is 0 Å². The largest absolute Gasteiger partial charge is 0.363 e. The summed E-state index contributed by atoms with van der Waals surface area (Å²) >= 11 is 3.40. The zero-order valence-electron chi connectivity index (χ0n) is 6.57. The molecule has 3 heteroatoms. The average Bonchev–Trinajstić information content (AvgIpc) is 2.56. The molecule has 0 spiro atoms. The summed E-state index contributed by atoms with van der Waals surface area (Å²) < 4.78 is 1.03. The maximum atomic E-state index is 4.11. The smallest absolute Gasteiger partial charge is 0.0569 e. The Morgan fingerprint density at radius 1 is 1.25 bits per heavy atom. The van der Waals surface area contributed by atoms with Crippen LogP contribution in [0.25, 0.3) is 0 Å². The molecule has 0 amide bonds. The summed E-state index contributed by atoms with van der Waals surface area (Å²) in [5.41, 5.74) is 1.18. The molecule has 0 radical (unpaired) electrons. The predicted octanol–water partition coefficient (Wildman–Crippen LogP) is 2.22. The van der Waals surface area contributed by atoms with Crippen LogP contribution in [0.15, 0.2) is 35.1 Å². The third-order valence-corrected chi connectivity index (χ3v) is 2.31. The van der Waals surface area contributed by atoms with E-state index < -0.39 is 0 Å². The van der Waals surface area contributed by atoms with Crippen molar-refractivity contribution in [2.24, 2.45) is 0 Å². The van der Waals surface area contributed by atoms with Crippen LogP contribution in [0.1, 0.15) is 0 Å². The van der Waals surface area contributed by atoms with Gasteiger partial charge in [0, 0.05) is 23.8 Å². The van der Waals surface area contributed by atoms with Crippen molar-refractivity contribution in [3.63, 3.8) is 0 Å². The van der Waals surface area contributed by atoms with Gasteiger partial charge >= 0.3 is 0 Å². The quantitative estimate of drug-likeness (QED) is 0.681. The number of nitrogens with zero attached hydrogens (tertiary/aromatic N) is 2. The molecule has 2 nitrogen and oxygen atoms in total. The first-order chi connectivity index (χ1) is 5.86.